The van der Waals surface area contributed by atoms with Crippen LogP contribution in [0.1, 0.15) is 5.56 Å². The van der Waals surface area contributed by atoms with Crippen molar-refractivity contribution in [2.24, 2.45) is 0 Å². The smallest absolute Gasteiger partial charge is 0.116 e. The molecular weight excluding hydrogens is 188 g/mol. The molecule has 2 rings (SSSR count). The van der Waals surface area contributed by atoms with Gasteiger partial charge in [-0.1, -0.05) is 0 Å². The molecule has 2 aromatic rings. The van der Waals surface area contributed by atoms with Crippen molar-refractivity contribution in [2.75, 3.05) is 0 Å². The minimum absolute atomic E-state index is 0.323. The standard InChI is InChI=1S/C9H8OS2/c10-7-1-2-9-8(3-7)6(4-11)5-12-9/h1-3,5,10-11H,4H2. The number of hydrogen-bond donors (Lipinski definition) is 2. The fraction of sp³-hybridized carbons (Fsp3) is 0.111. The van der Waals surface area contributed by atoms with Gasteiger partial charge in [0.25, 0.3) is 0 Å². The second-order valence-corrected chi connectivity index (χ2v) is 3.83. The Morgan fingerprint density at radius 2 is 2.25 bits per heavy atom. The highest BCUT2D eigenvalue weighted by Gasteiger charge is 2.02. The van der Waals surface area contributed by atoms with E-state index in [1.807, 2.05) is 6.07 Å². The summed E-state index contributed by atoms with van der Waals surface area (Å²) in [5, 5.41) is 12.4. The van der Waals surface area contributed by atoms with Crippen molar-refractivity contribution in [1.29, 1.82) is 0 Å². The molecule has 0 saturated carbocycles. The first-order chi connectivity index (χ1) is 5.81. The van der Waals surface area contributed by atoms with Crippen LogP contribution in [0.4, 0.5) is 0 Å². The SMILES string of the molecule is Oc1ccc2scc(CS)c2c1. The lowest BCUT2D eigenvalue weighted by Gasteiger charge is -1.94. The quantitative estimate of drug-likeness (QED) is 0.672. The molecule has 0 amide bonds. The summed E-state index contributed by atoms with van der Waals surface area (Å²) in [5.41, 5.74) is 1.19. The highest BCUT2D eigenvalue weighted by molar-refractivity contribution is 7.79. The van der Waals surface area contributed by atoms with Crippen molar-refractivity contribution < 1.29 is 5.11 Å². The van der Waals surface area contributed by atoms with Gasteiger partial charge in [0, 0.05) is 15.8 Å². The van der Waals surface area contributed by atoms with Gasteiger partial charge in [0.2, 0.25) is 0 Å². The van der Waals surface area contributed by atoms with E-state index in [1.54, 1.807) is 23.5 Å². The molecular formula is C9H8OS2. The summed E-state index contributed by atoms with van der Waals surface area (Å²) in [4.78, 5) is 0. The molecule has 0 spiro atoms. The average molecular weight is 196 g/mol. The third-order valence-corrected chi connectivity index (χ3v) is 3.16. The van der Waals surface area contributed by atoms with Gasteiger partial charge >= 0.3 is 0 Å². The van der Waals surface area contributed by atoms with Crippen molar-refractivity contribution >= 4 is 34.1 Å². The summed E-state index contributed by atoms with van der Waals surface area (Å²) in [5.74, 6) is 1.05. The zero-order chi connectivity index (χ0) is 8.55. The Morgan fingerprint density at radius 3 is 3.00 bits per heavy atom. The van der Waals surface area contributed by atoms with Gasteiger partial charge in [0.05, 0.1) is 0 Å². The van der Waals surface area contributed by atoms with Crippen molar-refractivity contribution in [3.05, 3.63) is 29.1 Å². The molecule has 0 fully saturated rings. The maximum absolute atomic E-state index is 9.25. The van der Waals surface area contributed by atoms with Gasteiger partial charge in [-0.15, -0.1) is 11.3 Å². The van der Waals surface area contributed by atoms with Crippen molar-refractivity contribution in [2.45, 2.75) is 5.75 Å². The Bertz CT molecular complexity index is 406. The fourth-order valence-corrected chi connectivity index (χ4v) is 2.52. The van der Waals surface area contributed by atoms with Gasteiger partial charge in [-0.05, 0) is 29.1 Å². The molecule has 3 heteroatoms. The molecule has 0 aliphatic rings. The summed E-state index contributed by atoms with van der Waals surface area (Å²) in [6.45, 7) is 0. The third kappa shape index (κ3) is 1.19. The molecule has 0 aliphatic heterocycles. The number of benzene rings is 1. The van der Waals surface area contributed by atoms with E-state index in [0.717, 1.165) is 11.1 Å². The lowest BCUT2D eigenvalue weighted by Crippen LogP contribution is -1.72. The van der Waals surface area contributed by atoms with Crippen LogP contribution in [0.25, 0.3) is 10.1 Å². The zero-order valence-corrected chi connectivity index (χ0v) is 8.03. The zero-order valence-electron chi connectivity index (χ0n) is 6.32. The summed E-state index contributed by atoms with van der Waals surface area (Å²) in [6, 6.07) is 5.43. The number of phenols is 1. The lowest BCUT2D eigenvalue weighted by molar-refractivity contribution is 0.476. The molecule has 0 unspecified atom stereocenters. The molecule has 62 valence electrons. The van der Waals surface area contributed by atoms with Gasteiger partial charge in [-0.25, -0.2) is 0 Å². The summed E-state index contributed by atoms with van der Waals surface area (Å²) in [7, 11) is 0. The minimum atomic E-state index is 0.323. The van der Waals surface area contributed by atoms with Crippen molar-refractivity contribution in [3.63, 3.8) is 0 Å². The van der Waals surface area contributed by atoms with E-state index in [1.165, 1.54) is 10.3 Å². The van der Waals surface area contributed by atoms with Crippen LogP contribution in [0.15, 0.2) is 23.6 Å². The van der Waals surface area contributed by atoms with Crippen LogP contribution in [0.5, 0.6) is 5.75 Å². The molecule has 0 atom stereocenters. The molecule has 1 aromatic heterocycles. The minimum Gasteiger partial charge on any atom is -0.508 e. The van der Waals surface area contributed by atoms with Crippen molar-refractivity contribution in [3.8, 4) is 5.75 Å². The summed E-state index contributed by atoms with van der Waals surface area (Å²) in [6.07, 6.45) is 0. The predicted molar refractivity (Wildman–Crippen MR) is 56.2 cm³/mol. The van der Waals surface area contributed by atoms with Gasteiger partial charge in [-0.3, -0.25) is 0 Å². The molecule has 0 aliphatic carbocycles. The molecule has 1 heterocycles. The Kier molecular flexibility index (Phi) is 1.98. The number of hydrogen-bond acceptors (Lipinski definition) is 3. The summed E-state index contributed by atoms with van der Waals surface area (Å²) >= 11 is 5.90. The summed E-state index contributed by atoms with van der Waals surface area (Å²) < 4.78 is 1.21. The first kappa shape index (κ1) is 7.95. The van der Waals surface area contributed by atoms with E-state index in [2.05, 4.69) is 18.0 Å². The number of rotatable bonds is 1. The maximum Gasteiger partial charge on any atom is 0.116 e. The van der Waals surface area contributed by atoms with Crippen molar-refractivity contribution in [1.82, 2.24) is 0 Å². The van der Waals surface area contributed by atoms with Crippen LogP contribution < -0.4 is 0 Å². The average Bonchev–Trinajstić information content (AvgIpc) is 2.46. The van der Waals surface area contributed by atoms with Crippen LogP contribution in [0.3, 0.4) is 0 Å². The fourth-order valence-electron chi connectivity index (χ4n) is 1.19. The molecule has 0 radical (unpaired) electrons. The van der Waals surface area contributed by atoms with Gasteiger partial charge in [0.1, 0.15) is 5.75 Å². The van der Waals surface area contributed by atoms with Crippen LogP contribution in [-0.2, 0) is 5.75 Å². The van der Waals surface area contributed by atoms with E-state index in [9.17, 15) is 5.11 Å². The topological polar surface area (TPSA) is 20.2 Å². The number of fused-ring (bicyclic) bond motifs is 1. The number of thiophene rings is 1. The molecule has 1 aromatic carbocycles. The predicted octanol–water partition coefficient (Wildman–Crippen LogP) is 3.04. The normalized spacial score (nSPS) is 10.8. The molecule has 0 saturated heterocycles. The van der Waals surface area contributed by atoms with Crippen LogP contribution >= 0.6 is 24.0 Å². The molecule has 0 bridgehead atoms. The second kappa shape index (κ2) is 2.99. The Hall–Kier alpha value is -0.670. The number of phenolic OH excluding ortho intramolecular Hbond substituents is 1. The van der Waals surface area contributed by atoms with Gasteiger partial charge < -0.3 is 5.11 Å². The highest BCUT2D eigenvalue weighted by Crippen LogP contribution is 2.29. The van der Waals surface area contributed by atoms with E-state index in [-0.39, 0.29) is 0 Å². The Morgan fingerprint density at radius 1 is 1.42 bits per heavy atom. The second-order valence-electron chi connectivity index (χ2n) is 2.60. The molecule has 12 heavy (non-hydrogen) atoms. The largest absolute Gasteiger partial charge is 0.508 e. The Labute approximate surface area is 80.1 Å². The molecule has 1 nitrogen and oxygen atoms in total. The third-order valence-electron chi connectivity index (χ3n) is 1.81. The maximum atomic E-state index is 9.25. The number of thiol groups is 1. The molecule has 1 N–H and O–H groups in total. The van der Waals surface area contributed by atoms with E-state index in [0.29, 0.717) is 5.75 Å². The first-order valence-electron chi connectivity index (χ1n) is 3.61. The first-order valence-corrected chi connectivity index (χ1v) is 5.12. The van der Waals surface area contributed by atoms with Crippen LogP contribution in [-0.4, -0.2) is 5.11 Å². The van der Waals surface area contributed by atoms with Crippen LogP contribution in [0.2, 0.25) is 0 Å². The van der Waals surface area contributed by atoms with E-state index < -0.39 is 0 Å². The number of aromatic hydroxyl groups is 1. The monoisotopic (exact) mass is 196 g/mol. The van der Waals surface area contributed by atoms with Gasteiger partial charge in [0.15, 0.2) is 0 Å². The van der Waals surface area contributed by atoms with Crippen LogP contribution in [0, 0.1) is 0 Å². The van der Waals surface area contributed by atoms with Gasteiger partial charge in [-0.2, -0.15) is 12.6 Å². The lowest BCUT2D eigenvalue weighted by atomic mass is 10.2. The van der Waals surface area contributed by atoms with E-state index in [4.69, 9.17) is 0 Å². The Balaban J connectivity index is 2.75. The highest BCUT2D eigenvalue weighted by atomic mass is 32.1. The van der Waals surface area contributed by atoms with E-state index >= 15 is 0 Å².